The molecule has 0 bridgehead atoms. The van der Waals surface area contributed by atoms with Crippen molar-refractivity contribution in [3.63, 3.8) is 0 Å². The van der Waals surface area contributed by atoms with E-state index in [1.807, 2.05) is 0 Å². The van der Waals surface area contributed by atoms with E-state index in [9.17, 15) is 22.0 Å². The van der Waals surface area contributed by atoms with Gasteiger partial charge in [-0.1, -0.05) is 0 Å². The van der Waals surface area contributed by atoms with E-state index in [0.29, 0.717) is 6.07 Å². The molecule has 0 atom stereocenters. The lowest BCUT2D eigenvalue weighted by Gasteiger charge is -2.15. The molecule has 1 N–H and O–H groups in total. The van der Waals surface area contributed by atoms with Crippen molar-refractivity contribution < 1.29 is 31.8 Å². The molecule has 0 saturated heterocycles. The Morgan fingerprint density at radius 2 is 1.81 bits per heavy atom. The van der Waals surface area contributed by atoms with Gasteiger partial charge in [-0.05, 0) is 28.1 Å². The molecule has 0 radical (unpaired) electrons. The van der Waals surface area contributed by atoms with Gasteiger partial charge in [-0.25, -0.2) is 0 Å². The van der Waals surface area contributed by atoms with E-state index < -0.39 is 34.3 Å². The molecule has 1 rings (SSSR count). The van der Waals surface area contributed by atoms with Crippen LogP contribution in [0.2, 0.25) is 0 Å². The van der Waals surface area contributed by atoms with Crippen LogP contribution in [0.15, 0.2) is 16.6 Å². The second kappa shape index (κ2) is 4.44. The van der Waals surface area contributed by atoms with E-state index in [4.69, 9.17) is 5.11 Å². The number of phenolic OH excluding ortho intramolecular Hbond substituents is 1. The molecule has 0 fully saturated rings. The second-order valence-corrected chi connectivity index (χ2v) is 3.44. The van der Waals surface area contributed by atoms with Crippen molar-refractivity contribution in [2.75, 3.05) is 0 Å². The minimum atomic E-state index is -4.85. The monoisotopic (exact) mass is 306 g/mol. The molecule has 0 unspecified atom stereocenters. The number of alkyl halides is 5. The molecular formula is C8H4BrF5O2. The highest BCUT2D eigenvalue weighted by molar-refractivity contribution is 9.10. The number of hydrogen-bond acceptors (Lipinski definition) is 2. The number of aromatic hydroxyl groups is 1. The highest BCUT2D eigenvalue weighted by Crippen LogP contribution is 2.44. The van der Waals surface area contributed by atoms with E-state index in [1.54, 1.807) is 0 Å². The molecular weight excluding hydrogens is 303 g/mol. The largest absolute Gasteiger partial charge is 0.507 e. The fourth-order valence-corrected chi connectivity index (χ4v) is 1.41. The van der Waals surface area contributed by atoms with Crippen LogP contribution in [0, 0.1) is 0 Å². The van der Waals surface area contributed by atoms with Crippen LogP contribution in [0.3, 0.4) is 0 Å². The highest BCUT2D eigenvalue weighted by Gasteiger charge is 2.36. The quantitative estimate of drug-likeness (QED) is 0.843. The Morgan fingerprint density at radius 3 is 2.25 bits per heavy atom. The van der Waals surface area contributed by atoms with E-state index >= 15 is 0 Å². The molecule has 1 aromatic carbocycles. The number of ether oxygens (including phenoxy) is 1. The molecule has 8 heteroatoms. The summed E-state index contributed by atoms with van der Waals surface area (Å²) in [6.07, 6.45) is -4.85. The predicted molar refractivity (Wildman–Crippen MR) is 47.4 cm³/mol. The van der Waals surface area contributed by atoms with Crippen molar-refractivity contribution >= 4 is 15.9 Å². The van der Waals surface area contributed by atoms with Crippen molar-refractivity contribution in [1.29, 1.82) is 0 Å². The van der Waals surface area contributed by atoms with Crippen molar-refractivity contribution in [2.24, 2.45) is 0 Å². The first-order valence-corrected chi connectivity index (χ1v) is 4.56. The van der Waals surface area contributed by atoms with Gasteiger partial charge in [-0.15, -0.1) is 0 Å². The first-order valence-electron chi connectivity index (χ1n) is 3.77. The minimum Gasteiger partial charge on any atom is -0.507 e. The van der Waals surface area contributed by atoms with Crippen LogP contribution in [0.4, 0.5) is 22.0 Å². The van der Waals surface area contributed by atoms with Gasteiger partial charge in [0.1, 0.15) is 10.2 Å². The number of rotatable bonds is 2. The number of halogens is 6. The Labute approximate surface area is 94.8 Å². The summed E-state index contributed by atoms with van der Waals surface area (Å²) in [5.74, 6) is -1.76. The van der Waals surface area contributed by atoms with Gasteiger partial charge < -0.3 is 9.84 Å². The van der Waals surface area contributed by atoms with Crippen LogP contribution in [0.1, 0.15) is 5.56 Å². The van der Waals surface area contributed by atoms with Crippen LogP contribution in [-0.4, -0.2) is 11.7 Å². The third kappa shape index (κ3) is 2.75. The number of phenols is 1. The SMILES string of the molecule is Oc1ccc(C(F)(F)F)c(OC(F)F)c1Br. The summed E-state index contributed by atoms with van der Waals surface area (Å²) in [6, 6.07) is 1.18. The summed E-state index contributed by atoms with van der Waals surface area (Å²) in [4.78, 5) is 0. The molecule has 0 aliphatic carbocycles. The Bertz CT molecular complexity index is 391. The molecule has 0 amide bonds. The van der Waals surface area contributed by atoms with E-state index in [-0.39, 0.29) is 0 Å². The zero-order valence-electron chi connectivity index (χ0n) is 7.36. The summed E-state index contributed by atoms with van der Waals surface area (Å²) in [7, 11) is 0. The minimum absolute atomic E-state index is 0.456. The fourth-order valence-electron chi connectivity index (χ4n) is 0.973. The molecule has 2 nitrogen and oxygen atoms in total. The van der Waals surface area contributed by atoms with Gasteiger partial charge in [-0.3, -0.25) is 0 Å². The first-order chi connectivity index (χ1) is 7.23. The molecule has 0 heterocycles. The lowest BCUT2D eigenvalue weighted by Crippen LogP contribution is -2.11. The van der Waals surface area contributed by atoms with Crippen LogP contribution in [0.25, 0.3) is 0 Å². The maximum absolute atomic E-state index is 12.4. The molecule has 0 aliphatic heterocycles. The third-order valence-electron chi connectivity index (χ3n) is 1.59. The Kier molecular flexibility index (Phi) is 3.61. The zero-order valence-corrected chi connectivity index (χ0v) is 8.94. The molecule has 16 heavy (non-hydrogen) atoms. The Hall–Kier alpha value is -1.05. The van der Waals surface area contributed by atoms with E-state index in [0.717, 1.165) is 6.07 Å². The van der Waals surface area contributed by atoms with E-state index in [1.165, 1.54) is 0 Å². The molecule has 0 spiro atoms. The number of benzene rings is 1. The summed E-state index contributed by atoms with van der Waals surface area (Å²) in [5.41, 5.74) is -1.39. The van der Waals surface area contributed by atoms with Crippen molar-refractivity contribution in [3.8, 4) is 11.5 Å². The topological polar surface area (TPSA) is 29.5 Å². The van der Waals surface area contributed by atoms with Gasteiger partial charge in [0, 0.05) is 0 Å². The van der Waals surface area contributed by atoms with Crippen molar-refractivity contribution in [3.05, 3.63) is 22.2 Å². The summed E-state index contributed by atoms with van der Waals surface area (Å²) >= 11 is 2.54. The van der Waals surface area contributed by atoms with Crippen LogP contribution in [0.5, 0.6) is 11.5 Å². The predicted octanol–water partition coefficient (Wildman–Crippen LogP) is 3.77. The standard InChI is InChI=1S/C8H4BrF5O2/c9-5-4(15)2-1-3(8(12,13)14)6(5)16-7(10)11/h1-2,7,15H. The van der Waals surface area contributed by atoms with Gasteiger partial charge in [0.15, 0.2) is 5.75 Å². The van der Waals surface area contributed by atoms with E-state index in [2.05, 4.69) is 20.7 Å². The third-order valence-corrected chi connectivity index (χ3v) is 2.36. The lowest BCUT2D eigenvalue weighted by molar-refractivity contribution is -0.142. The highest BCUT2D eigenvalue weighted by atomic mass is 79.9. The summed E-state index contributed by atoms with van der Waals surface area (Å²) < 4.78 is 64.1. The van der Waals surface area contributed by atoms with Gasteiger partial charge in [-0.2, -0.15) is 22.0 Å². The van der Waals surface area contributed by atoms with Gasteiger partial charge in [0.2, 0.25) is 0 Å². The molecule has 1 aromatic rings. The number of hydrogen-bond donors (Lipinski definition) is 1. The van der Waals surface area contributed by atoms with Crippen LogP contribution in [-0.2, 0) is 6.18 Å². The fraction of sp³-hybridized carbons (Fsp3) is 0.250. The van der Waals surface area contributed by atoms with Crippen LogP contribution >= 0.6 is 15.9 Å². The maximum Gasteiger partial charge on any atom is 0.420 e. The molecule has 0 aromatic heterocycles. The molecule has 0 saturated carbocycles. The Balaban J connectivity index is 3.33. The van der Waals surface area contributed by atoms with Crippen molar-refractivity contribution in [1.82, 2.24) is 0 Å². The second-order valence-electron chi connectivity index (χ2n) is 2.65. The average Bonchev–Trinajstić information content (AvgIpc) is 2.10. The molecule has 90 valence electrons. The van der Waals surface area contributed by atoms with Gasteiger partial charge in [0.05, 0.1) is 5.56 Å². The first kappa shape index (κ1) is 13.0. The van der Waals surface area contributed by atoms with Crippen LogP contribution < -0.4 is 4.74 Å². The average molecular weight is 307 g/mol. The maximum atomic E-state index is 12.4. The van der Waals surface area contributed by atoms with Crippen molar-refractivity contribution in [2.45, 2.75) is 12.8 Å². The smallest absolute Gasteiger partial charge is 0.420 e. The Morgan fingerprint density at radius 1 is 1.25 bits per heavy atom. The lowest BCUT2D eigenvalue weighted by atomic mass is 10.2. The molecule has 0 aliphatic rings. The summed E-state index contributed by atoms with van der Waals surface area (Å²) in [5, 5.41) is 9.06. The normalized spacial score (nSPS) is 11.9. The zero-order chi connectivity index (χ0) is 12.5. The van der Waals surface area contributed by atoms with Gasteiger partial charge >= 0.3 is 12.8 Å². The van der Waals surface area contributed by atoms with Gasteiger partial charge in [0.25, 0.3) is 0 Å². The summed E-state index contributed by atoms with van der Waals surface area (Å²) in [6.45, 7) is -3.42.